The number of rotatable bonds is 2. The molecule has 2 atom stereocenters. The molecule has 5 nitrogen and oxygen atoms in total. The molecule has 21 heavy (non-hydrogen) atoms. The standard InChI is InChI=1S/C15H21N3O2S/c1-16-14(19)11-3-2-4-12(11)17-15(20)18-7-5-10-6-8-21-13(10)9-18/h6,8,11-12H,2-5,7,9H2,1H3,(H,16,19)(H,17,20). The molecule has 0 spiro atoms. The summed E-state index contributed by atoms with van der Waals surface area (Å²) in [6.45, 7) is 1.45. The Kier molecular flexibility index (Phi) is 4.14. The fraction of sp³-hybridized carbons (Fsp3) is 0.600. The van der Waals surface area contributed by atoms with E-state index in [1.165, 1.54) is 10.4 Å². The van der Waals surface area contributed by atoms with E-state index >= 15 is 0 Å². The van der Waals surface area contributed by atoms with Crippen molar-refractivity contribution in [1.82, 2.24) is 15.5 Å². The van der Waals surface area contributed by atoms with Crippen molar-refractivity contribution >= 4 is 23.3 Å². The van der Waals surface area contributed by atoms with E-state index in [4.69, 9.17) is 0 Å². The van der Waals surface area contributed by atoms with Gasteiger partial charge in [-0.2, -0.15) is 0 Å². The minimum Gasteiger partial charge on any atom is -0.359 e. The van der Waals surface area contributed by atoms with E-state index in [2.05, 4.69) is 22.1 Å². The minimum absolute atomic E-state index is 0.0258. The Morgan fingerprint density at radius 3 is 3.05 bits per heavy atom. The van der Waals surface area contributed by atoms with Crippen molar-refractivity contribution in [2.24, 2.45) is 5.92 Å². The average Bonchev–Trinajstić information content (AvgIpc) is 3.14. The van der Waals surface area contributed by atoms with E-state index in [0.717, 1.165) is 32.2 Å². The van der Waals surface area contributed by atoms with Crippen LogP contribution >= 0.6 is 11.3 Å². The van der Waals surface area contributed by atoms with Crippen molar-refractivity contribution in [3.8, 4) is 0 Å². The molecule has 0 aromatic carbocycles. The Labute approximate surface area is 128 Å². The third kappa shape index (κ3) is 2.90. The van der Waals surface area contributed by atoms with Crippen molar-refractivity contribution in [3.63, 3.8) is 0 Å². The first-order valence-corrected chi connectivity index (χ1v) is 8.39. The van der Waals surface area contributed by atoms with E-state index in [1.54, 1.807) is 18.4 Å². The summed E-state index contributed by atoms with van der Waals surface area (Å²) >= 11 is 1.71. The molecule has 6 heteroatoms. The zero-order valence-corrected chi connectivity index (χ0v) is 13.0. The van der Waals surface area contributed by atoms with E-state index in [0.29, 0.717) is 6.54 Å². The fourth-order valence-electron chi connectivity index (χ4n) is 3.29. The summed E-state index contributed by atoms with van der Waals surface area (Å²) in [4.78, 5) is 27.4. The van der Waals surface area contributed by atoms with Crippen molar-refractivity contribution in [1.29, 1.82) is 0 Å². The number of amides is 3. The van der Waals surface area contributed by atoms with Gasteiger partial charge in [-0.25, -0.2) is 4.79 Å². The van der Waals surface area contributed by atoms with Gasteiger partial charge in [0, 0.05) is 24.5 Å². The van der Waals surface area contributed by atoms with Crippen LogP contribution in [0.2, 0.25) is 0 Å². The minimum atomic E-state index is -0.0824. The number of carbonyl (C=O) groups excluding carboxylic acids is 2. The highest BCUT2D eigenvalue weighted by molar-refractivity contribution is 7.10. The van der Waals surface area contributed by atoms with Crippen LogP contribution in [0.1, 0.15) is 29.7 Å². The lowest BCUT2D eigenvalue weighted by atomic mass is 10.0. The zero-order chi connectivity index (χ0) is 14.8. The maximum absolute atomic E-state index is 12.4. The van der Waals surface area contributed by atoms with Crippen molar-refractivity contribution < 1.29 is 9.59 Å². The topological polar surface area (TPSA) is 61.4 Å². The molecule has 1 fully saturated rings. The molecule has 2 unspecified atom stereocenters. The van der Waals surface area contributed by atoms with Gasteiger partial charge in [-0.15, -0.1) is 11.3 Å². The quantitative estimate of drug-likeness (QED) is 0.874. The van der Waals surface area contributed by atoms with E-state index in [1.807, 2.05) is 4.90 Å². The van der Waals surface area contributed by atoms with Crippen LogP contribution in [0.25, 0.3) is 0 Å². The highest BCUT2D eigenvalue weighted by Gasteiger charge is 2.34. The van der Waals surface area contributed by atoms with Gasteiger partial charge in [0.15, 0.2) is 0 Å². The van der Waals surface area contributed by atoms with Crippen LogP contribution in [0.4, 0.5) is 4.79 Å². The number of carbonyl (C=O) groups is 2. The zero-order valence-electron chi connectivity index (χ0n) is 12.2. The van der Waals surface area contributed by atoms with Crippen LogP contribution in [0.5, 0.6) is 0 Å². The predicted molar refractivity (Wildman–Crippen MR) is 82.2 cm³/mol. The summed E-state index contributed by atoms with van der Waals surface area (Å²) in [5.41, 5.74) is 1.37. The third-order valence-corrected chi connectivity index (χ3v) is 5.47. The smallest absolute Gasteiger partial charge is 0.317 e. The third-order valence-electron chi connectivity index (χ3n) is 4.52. The molecule has 2 heterocycles. The van der Waals surface area contributed by atoms with E-state index < -0.39 is 0 Å². The summed E-state index contributed by atoms with van der Waals surface area (Å²) < 4.78 is 0. The second-order valence-electron chi connectivity index (χ2n) is 5.75. The number of fused-ring (bicyclic) bond motifs is 1. The van der Waals surface area contributed by atoms with Crippen LogP contribution in [-0.4, -0.2) is 36.5 Å². The molecule has 0 bridgehead atoms. The number of hydrogen-bond acceptors (Lipinski definition) is 3. The van der Waals surface area contributed by atoms with E-state index in [9.17, 15) is 9.59 Å². The van der Waals surface area contributed by atoms with Crippen LogP contribution in [0, 0.1) is 5.92 Å². The molecule has 0 radical (unpaired) electrons. The summed E-state index contributed by atoms with van der Waals surface area (Å²) in [6, 6.07) is 2.09. The Morgan fingerprint density at radius 1 is 1.38 bits per heavy atom. The molecule has 0 saturated heterocycles. The van der Waals surface area contributed by atoms with Gasteiger partial charge in [-0.05, 0) is 36.3 Å². The Balaban J connectivity index is 1.60. The van der Waals surface area contributed by atoms with Gasteiger partial charge in [0.2, 0.25) is 5.91 Å². The average molecular weight is 307 g/mol. The van der Waals surface area contributed by atoms with Crippen molar-refractivity contribution in [3.05, 3.63) is 21.9 Å². The van der Waals surface area contributed by atoms with Crippen LogP contribution in [0.15, 0.2) is 11.4 Å². The lowest BCUT2D eigenvalue weighted by Crippen LogP contribution is -2.49. The number of nitrogens with one attached hydrogen (secondary N) is 2. The molecule has 1 aliphatic heterocycles. The van der Waals surface area contributed by atoms with Crippen molar-refractivity contribution in [2.75, 3.05) is 13.6 Å². The van der Waals surface area contributed by atoms with Gasteiger partial charge in [-0.1, -0.05) is 6.42 Å². The Morgan fingerprint density at radius 2 is 2.24 bits per heavy atom. The predicted octanol–water partition coefficient (Wildman–Crippen LogP) is 1.73. The second-order valence-corrected chi connectivity index (χ2v) is 6.75. The molecule has 1 aromatic rings. The lowest BCUT2D eigenvalue weighted by molar-refractivity contribution is -0.124. The normalized spacial score (nSPS) is 24.5. The molecule has 2 N–H and O–H groups in total. The first-order chi connectivity index (χ1) is 10.2. The molecule has 2 aliphatic rings. The second kappa shape index (κ2) is 6.05. The lowest BCUT2D eigenvalue weighted by Gasteiger charge is -2.29. The first kappa shape index (κ1) is 14.4. The molecule has 3 rings (SSSR count). The SMILES string of the molecule is CNC(=O)C1CCCC1NC(=O)N1CCc2ccsc2C1. The van der Waals surface area contributed by atoms with Gasteiger partial charge in [0.05, 0.1) is 12.5 Å². The maximum Gasteiger partial charge on any atom is 0.317 e. The Bertz CT molecular complexity index is 543. The van der Waals surface area contributed by atoms with E-state index in [-0.39, 0.29) is 23.9 Å². The van der Waals surface area contributed by atoms with Crippen LogP contribution in [-0.2, 0) is 17.8 Å². The molecule has 1 aromatic heterocycles. The van der Waals surface area contributed by atoms with Gasteiger partial charge in [-0.3, -0.25) is 4.79 Å². The highest BCUT2D eigenvalue weighted by Crippen LogP contribution is 2.27. The summed E-state index contributed by atoms with van der Waals surface area (Å²) in [5.74, 6) is -0.0435. The Hall–Kier alpha value is -1.56. The van der Waals surface area contributed by atoms with Gasteiger partial charge in [0.25, 0.3) is 0 Å². The van der Waals surface area contributed by atoms with Crippen LogP contribution < -0.4 is 10.6 Å². The summed E-state index contributed by atoms with van der Waals surface area (Å²) in [6.07, 6.45) is 3.68. The first-order valence-electron chi connectivity index (χ1n) is 7.51. The summed E-state index contributed by atoms with van der Waals surface area (Å²) in [7, 11) is 1.66. The molecule has 114 valence electrons. The maximum atomic E-state index is 12.4. The molecule has 1 aliphatic carbocycles. The monoisotopic (exact) mass is 307 g/mol. The van der Waals surface area contributed by atoms with Gasteiger partial charge >= 0.3 is 6.03 Å². The molecule has 3 amide bonds. The fourth-order valence-corrected chi connectivity index (χ4v) is 4.24. The number of urea groups is 1. The van der Waals surface area contributed by atoms with Gasteiger partial charge < -0.3 is 15.5 Å². The number of hydrogen-bond donors (Lipinski definition) is 2. The highest BCUT2D eigenvalue weighted by atomic mass is 32.1. The van der Waals surface area contributed by atoms with Gasteiger partial charge in [0.1, 0.15) is 0 Å². The number of nitrogens with zero attached hydrogens (tertiary/aromatic N) is 1. The van der Waals surface area contributed by atoms with Crippen molar-refractivity contribution in [2.45, 2.75) is 38.3 Å². The molecular weight excluding hydrogens is 286 g/mol. The number of thiophene rings is 1. The molecular formula is C15H21N3O2S. The van der Waals surface area contributed by atoms with Crippen LogP contribution in [0.3, 0.4) is 0 Å². The summed E-state index contributed by atoms with van der Waals surface area (Å²) in [5, 5.41) is 7.85. The molecule has 1 saturated carbocycles. The largest absolute Gasteiger partial charge is 0.359 e.